The number of carbonyl (C=O) groups excluding carboxylic acids is 1. The van der Waals surface area contributed by atoms with Gasteiger partial charge in [0.2, 0.25) is 0 Å². The Morgan fingerprint density at radius 3 is 2.86 bits per heavy atom. The number of carbonyl (C=O) groups is 1. The Labute approximate surface area is 132 Å². The molecule has 2 heterocycles. The Bertz CT molecular complexity index is 550. The summed E-state index contributed by atoms with van der Waals surface area (Å²) in [7, 11) is 0. The summed E-state index contributed by atoms with van der Waals surface area (Å²) in [6, 6.07) is 8.53. The third-order valence-corrected chi connectivity index (χ3v) is 4.55. The lowest BCUT2D eigenvalue weighted by Gasteiger charge is -2.36. The largest absolute Gasteiger partial charge is 0.444 e. The van der Waals surface area contributed by atoms with Gasteiger partial charge in [-0.15, -0.1) is 0 Å². The number of hydrogen-bond donors (Lipinski definition) is 1. The van der Waals surface area contributed by atoms with E-state index in [4.69, 9.17) is 4.74 Å². The van der Waals surface area contributed by atoms with Crippen molar-refractivity contribution in [2.75, 3.05) is 25.0 Å². The molecule has 3 rings (SSSR count). The van der Waals surface area contributed by atoms with Crippen molar-refractivity contribution >= 4 is 11.8 Å². The smallest absolute Gasteiger partial charge is 0.410 e. The molecule has 2 aliphatic rings. The maximum atomic E-state index is 12.3. The quantitative estimate of drug-likeness (QED) is 0.857. The summed E-state index contributed by atoms with van der Waals surface area (Å²) in [5.41, 5.74) is 2.23. The Morgan fingerprint density at radius 1 is 1.32 bits per heavy atom. The van der Waals surface area contributed by atoms with Crippen LogP contribution in [-0.4, -0.2) is 36.2 Å². The molecule has 1 aromatic carbocycles. The van der Waals surface area contributed by atoms with Crippen LogP contribution in [0.4, 0.5) is 10.5 Å². The van der Waals surface area contributed by atoms with Crippen molar-refractivity contribution in [2.45, 2.75) is 45.1 Å². The van der Waals surface area contributed by atoms with E-state index in [1.165, 1.54) is 17.7 Å². The lowest BCUT2D eigenvalue weighted by molar-refractivity contribution is 0.0154. The van der Waals surface area contributed by atoms with E-state index < -0.39 is 5.60 Å². The Kier molecular flexibility index (Phi) is 4.02. The number of hydrogen-bond acceptors (Lipinski definition) is 3. The van der Waals surface area contributed by atoms with Gasteiger partial charge in [0.05, 0.1) is 0 Å². The molecule has 0 bridgehead atoms. The van der Waals surface area contributed by atoms with Crippen LogP contribution in [-0.2, 0) is 4.74 Å². The van der Waals surface area contributed by atoms with Crippen LogP contribution in [0.5, 0.6) is 0 Å². The summed E-state index contributed by atoms with van der Waals surface area (Å²) in [6.07, 6.45) is 2.07. The molecule has 2 aliphatic heterocycles. The van der Waals surface area contributed by atoms with Crippen molar-refractivity contribution in [3.63, 3.8) is 0 Å². The zero-order chi connectivity index (χ0) is 15.7. The third-order valence-electron chi connectivity index (χ3n) is 4.55. The fourth-order valence-corrected chi connectivity index (χ4v) is 3.56. The number of nitrogens with zero attached hydrogens (tertiary/aromatic N) is 1. The SMILES string of the molecule is CC(C)(C)OC(=O)N1CCCC(C2CNc3ccccc32)C1. The number of ether oxygens (including phenoxy) is 1. The van der Waals surface area contributed by atoms with Gasteiger partial charge in [0.1, 0.15) is 5.60 Å². The van der Waals surface area contributed by atoms with Gasteiger partial charge in [-0.3, -0.25) is 0 Å². The maximum absolute atomic E-state index is 12.3. The normalized spacial score (nSPS) is 24.6. The van der Waals surface area contributed by atoms with Crippen LogP contribution in [0.15, 0.2) is 24.3 Å². The molecule has 0 aliphatic carbocycles. The van der Waals surface area contributed by atoms with Gasteiger partial charge >= 0.3 is 6.09 Å². The molecule has 0 saturated carbocycles. The molecular formula is C18H26N2O2. The number of likely N-dealkylation sites (tertiary alicyclic amines) is 1. The average Bonchev–Trinajstić information content (AvgIpc) is 2.89. The van der Waals surface area contributed by atoms with Crippen LogP contribution in [0.25, 0.3) is 0 Å². The first-order chi connectivity index (χ1) is 10.4. The highest BCUT2D eigenvalue weighted by Gasteiger charge is 2.35. The molecule has 1 fully saturated rings. The highest BCUT2D eigenvalue weighted by molar-refractivity contribution is 5.68. The van der Waals surface area contributed by atoms with E-state index >= 15 is 0 Å². The van der Waals surface area contributed by atoms with Gasteiger partial charge in [0.25, 0.3) is 0 Å². The van der Waals surface area contributed by atoms with Crippen LogP contribution >= 0.6 is 0 Å². The minimum absolute atomic E-state index is 0.170. The van der Waals surface area contributed by atoms with Crippen molar-refractivity contribution < 1.29 is 9.53 Å². The van der Waals surface area contributed by atoms with Gasteiger partial charge in [-0.2, -0.15) is 0 Å². The third kappa shape index (κ3) is 3.21. The highest BCUT2D eigenvalue weighted by Crippen LogP contribution is 2.39. The number of para-hydroxylation sites is 1. The van der Waals surface area contributed by atoms with Gasteiger partial charge in [-0.25, -0.2) is 4.79 Å². The molecule has 120 valence electrons. The molecule has 2 atom stereocenters. The molecule has 1 saturated heterocycles. The molecule has 2 unspecified atom stereocenters. The van der Waals surface area contributed by atoms with Gasteiger partial charge < -0.3 is 15.0 Å². The van der Waals surface area contributed by atoms with Crippen LogP contribution < -0.4 is 5.32 Å². The summed E-state index contributed by atoms with van der Waals surface area (Å²) in [5.74, 6) is 1.01. The average molecular weight is 302 g/mol. The van der Waals surface area contributed by atoms with Gasteiger partial charge in [-0.1, -0.05) is 18.2 Å². The lowest BCUT2D eigenvalue weighted by atomic mass is 9.82. The summed E-state index contributed by atoms with van der Waals surface area (Å²) >= 11 is 0. The zero-order valence-electron chi connectivity index (χ0n) is 13.8. The highest BCUT2D eigenvalue weighted by atomic mass is 16.6. The van der Waals surface area contributed by atoms with E-state index in [2.05, 4.69) is 29.6 Å². The number of piperidine rings is 1. The van der Waals surface area contributed by atoms with Crippen LogP contribution in [0.3, 0.4) is 0 Å². The fourth-order valence-electron chi connectivity index (χ4n) is 3.56. The minimum atomic E-state index is -0.425. The molecule has 0 aromatic heterocycles. The van der Waals surface area contributed by atoms with E-state index in [0.29, 0.717) is 11.8 Å². The van der Waals surface area contributed by atoms with Gasteiger partial charge in [-0.05, 0) is 51.2 Å². The van der Waals surface area contributed by atoms with E-state index in [1.54, 1.807) is 0 Å². The molecular weight excluding hydrogens is 276 g/mol. The molecule has 0 spiro atoms. The summed E-state index contributed by atoms with van der Waals surface area (Å²) in [5, 5.41) is 3.50. The van der Waals surface area contributed by atoms with Crippen LogP contribution in [0.1, 0.15) is 45.1 Å². The van der Waals surface area contributed by atoms with Crippen LogP contribution in [0, 0.1) is 5.92 Å². The molecule has 4 heteroatoms. The topological polar surface area (TPSA) is 41.6 Å². The van der Waals surface area contributed by atoms with Gasteiger partial charge in [0, 0.05) is 31.2 Å². The van der Waals surface area contributed by atoms with Gasteiger partial charge in [0.15, 0.2) is 0 Å². The number of nitrogens with one attached hydrogen (secondary N) is 1. The molecule has 1 N–H and O–H groups in total. The Hall–Kier alpha value is -1.71. The number of anilines is 1. The van der Waals surface area contributed by atoms with Crippen molar-refractivity contribution in [1.82, 2.24) is 4.90 Å². The second kappa shape index (κ2) is 5.82. The van der Waals surface area contributed by atoms with Crippen molar-refractivity contribution in [3.05, 3.63) is 29.8 Å². The second-order valence-corrected chi connectivity index (χ2v) is 7.40. The first-order valence-corrected chi connectivity index (χ1v) is 8.25. The molecule has 22 heavy (non-hydrogen) atoms. The van der Waals surface area contributed by atoms with E-state index in [1.807, 2.05) is 25.7 Å². The maximum Gasteiger partial charge on any atom is 0.410 e. The second-order valence-electron chi connectivity index (χ2n) is 7.40. The summed E-state index contributed by atoms with van der Waals surface area (Å²) < 4.78 is 5.53. The van der Waals surface area contributed by atoms with Crippen molar-refractivity contribution in [1.29, 1.82) is 0 Å². The lowest BCUT2D eigenvalue weighted by Crippen LogP contribution is -2.44. The number of fused-ring (bicyclic) bond motifs is 1. The summed E-state index contributed by atoms with van der Waals surface area (Å²) in [6.45, 7) is 8.35. The monoisotopic (exact) mass is 302 g/mol. The first-order valence-electron chi connectivity index (χ1n) is 8.25. The zero-order valence-corrected chi connectivity index (χ0v) is 13.8. The van der Waals surface area contributed by atoms with Crippen molar-refractivity contribution in [2.24, 2.45) is 5.92 Å². The first kappa shape index (κ1) is 15.2. The number of amides is 1. The molecule has 1 aromatic rings. The van der Waals surface area contributed by atoms with E-state index in [9.17, 15) is 4.79 Å². The van der Waals surface area contributed by atoms with Crippen LogP contribution in [0.2, 0.25) is 0 Å². The van der Waals surface area contributed by atoms with E-state index in [0.717, 1.165) is 26.1 Å². The van der Waals surface area contributed by atoms with E-state index in [-0.39, 0.29) is 6.09 Å². The number of benzene rings is 1. The number of rotatable bonds is 1. The Morgan fingerprint density at radius 2 is 2.09 bits per heavy atom. The standard InChI is InChI=1S/C18H26N2O2/c1-18(2,3)22-17(21)20-10-6-7-13(12-20)15-11-19-16-9-5-4-8-14(15)16/h4-5,8-9,13,15,19H,6-7,10-12H2,1-3H3. The Balaban J connectivity index is 1.68. The molecule has 0 radical (unpaired) electrons. The molecule has 4 nitrogen and oxygen atoms in total. The minimum Gasteiger partial charge on any atom is -0.444 e. The van der Waals surface area contributed by atoms with Crippen molar-refractivity contribution in [3.8, 4) is 0 Å². The fraction of sp³-hybridized carbons (Fsp3) is 0.611. The predicted octanol–water partition coefficient (Wildman–Crippen LogP) is 3.84. The predicted molar refractivity (Wildman–Crippen MR) is 88.2 cm³/mol. The summed E-state index contributed by atoms with van der Waals surface area (Å²) in [4.78, 5) is 14.2. The molecule has 1 amide bonds.